The molecule has 0 spiro atoms. The van der Waals surface area contributed by atoms with E-state index in [9.17, 15) is 0 Å². The summed E-state index contributed by atoms with van der Waals surface area (Å²) >= 11 is 0. The standard InChI is InChI=1S/C3H9P.2C2H7P.W/c1-4(2)3;2*1-3-2;/h1-3H3;2*3H,1-2H3;. The predicted octanol–water partition coefficient (Wildman–Crippen LogP) is 3.20. The van der Waals surface area contributed by atoms with Gasteiger partial charge in [-0.2, -0.15) is 0 Å². The first-order valence-corrected chi connectivity index (χ1v) is 10.0. The summed E-state index contributed by atoms with van der Waals surface area (Å²) in [6, 6.07) is 0. The summed E-state index contributed by atoms with van der Waals surface area (Å²) in [6.45, 7) is 15.3. The third kappa shape index (κ3) is 305. The van der Waals surface area contributed by atoms with E-state index in [1.807, 2.05) is 0 Å². The molecule has 0 unspecified atom stereocenters. The van der Waals surface area contributed by atoms with E-state index in [0.29, 0.717) is 7.92 Å². The molecule has 0 aliphatic heterocycles. The normalized spacial score (nSPS) is 6.55. The molecular formula is C7H23P3W. The van der Waals surface area contributed by atoms with Crippen molar-refractivity contribution in [3.8, 4) is 0 Å². The van der Waals surface area contributed by atoms with Gasteiger partial charge in [-0.05, 0) is 46.7 Å². The van der Waals surface area contributed by atoms with E-state index < -0.39 is 0 Å². The van der Waals surface area contributed by atoms with Crippen molar-refractivity contribution in [2.75, 3.05) is 46.7 Å². The molecule has 0 nitrogen and oxygen atoms in total. The Hall–Kier alpha value is 1.98. The van der Waals surface area contributed by atoms with Gasteiger partial charge in [0.15, 0.2) is 0 Å². The Kier molecular flexibility index (Phi) is 62.3. The molecule has 0 bridgehead atoms. The van der Waals surface area contributed by atoms with E-state index in [1.165, 1.54) is 0 Å². The van der Waals surface area contributed by atoms with Gasteiger partial charge in [-0.15, -0.1) is 25.1 Å². The molecule has 0 aliphatic rings. The molecule has 11 heavy (non-hydrogen) atoms. The fraction of sp³-hybridized carbons (Fsp3) is 1.00. The Labute approximate surface area is 92.7 Å². The van der Waals surface area contributed by atoms with E-state index in [4.69, 9.17) is 0 Å². The van der Waals surface area contributed by atoms with Crippen molar-refractivity contribution < 1.29 is 21.1 Å². The molecule has 0 saturated carbocycles. The van der Waals surface area contributed by atoms with Gasteiger partial charge in [0.05, 0.1) is 0 Å². The minimum Gasteiger partial charge on any atom is -0.129 e. The first-order chi connectivity index (χ1) is 4.56. The molecule has 0 rings (SSSR count). The molecule has 0 aromatic rings. The van der Waals surface area contributed by atoms with Gasteiger partial charge in [0.2, 0.25) is 0 Å². The molecule has 0 atom stereocenters. The van der Waals surface area contributed by atoms with E-state index >= 15 is 0 Å². The van der Waals surface area contributed by atoms with Crippen molar-refractivity contribution in [3.63, 3.8) is 0 Å². The van der Waals surface area contributed by atoms with Crippen LogP contribution >= 0.6 is 25.1 Å². The second-order valence-corrected chi connectivity index (χ2v) is 7.02. The van der Waals surface area contributed by atoms with Gasteiger partial charge in [0, 0.05) is 21.1 Å². The van der Waals surface area contributed by atoms with Gasteiger partial charge in [-0.3, -0.25) is 0 Å². The molecular weight excluding hydrogens is 361 g/mol. The van der Waals surface area contributed by atoms with E-state index in [-0.39, 0.29) is 21.1 Å². The molecule has 0 radical (unpaired) electrons. The van der Waals surface area contributed by atoms with Crippen molar-refractivity contribution in [2.24, 2.45) is 0 Å². The van der Waals surface area contributed by atoms with Gasteiger partial charge in [0.1, 0.15) is 0 Å². The minimum atomic E-state index is 0. The minimum absolute atomic E-state index is 0. The first kappa shape index (κ1) is 23.1. The maximum Gasteiger partial charge on any atom is 0 e. The van der Waals surface area contributed by atoms with E-state index in [0.717, 1.165) is 17.2 Å². The molecule has 0 amide bonds. The van der Waals surface area contributed by atoms with E-state index in [1.54, 1.807) is 0 Å². The van der Waals surface area contributed by atoms with Crippen LogP contribution < -0.4 is 0 Å². The van der Waals surface area contributed by atoms with Crippen molar-refractivity contribution in [1.82, 2.24) is 0 Å². The van der Waals surface area contributed by atoms with Crippen LogP contribution in [0, 0.1) is 0 Å². The van der Waals surface area contributed by atoms with Crippen LogP contribution in [0.25, 0.3) is 0 Å². The van der Waals surface area contributed by atoms with E-state index in [2.05, 4.69) is 46.7 Å². The fourth-order valence-corrected chi connectivity index (χ4v) is 0. The van der Waals surface area contributed by atoms with Crippen LogP contribution in [-0.2, 0) is 21.1 Å². The summed E-state index contributed by atoms with van der Waals surface area (Å²) in [5.41, 5.74) is 0. The smallest absolute Gasteiger partial charge is 0 e. The molecule has 0 heterocycles. The van der Waals surface area contributed by atoms with Gasteiger partial charge in [0.25, 0.3) is 0 Å². The molecule has 0 aromatic heterocycles. The average molecular weight is 384 g/mol. The summed E-state index contributed by atoms with van der Waals surface area (Å²) in [5, 5.41) is 0. The van der Waals surface area contributed by atoms with Gasteiger partial charge in [-0.25, -0.2) is 0 Å². The maximum atomic E-state index is 2.23. The van der Waals surface area contributed by atoms with Crippen LogP contribution in [-0.4, -0.2) is 46.7 Å². The third-order valence-corrected chi connectivity index (χ3v) is 0. The molecule has 72 valence electrons. The zero-order chi connectivity index (χ0) is 8.99. The summed E-state index contributed by atoms with van der Waals surface area (Å²) in [6.07, 6.45) is 0. The zero-order valence-corrected chi connectivity index (χ0v) is 14.7. The molecule has 0 saturated heterocycles. The first-order valence-electron chi connectivity index (χ1n) is 3.34. The van der Waals surface area contributed by atoms with Crippen molar-refractivity contribution >= 4 is 25.1 Å². The molecule has 0 N–H and O–H groups in total. The Bertz CT molecular complexity index is 30.1. The largest absolute Gasteiger partial charge is 0.129 e. The Morgan fingerprint density at radius 3 is 0.727 bits per heavy atom. The van der Waals surface area contributed by atoms with Crippen LogP contribution in [0.15, 0.2) is 0 Å². The number of rotatable bonds is 0. The maximum absolute atomic E-state index is 2.23. The molecule has 4 heteroatoms. The Balaban J connectivity index is -0.0000000325. The molecule has 0 aliphatic carbocycles. The van der Waals surface area contributed by atoms with Gasteiger partial charge in [-0.1, -0.05) is 0 Å². The Morgan fingerprint density at radius 2 is 0.727 bits per heavy atom. The number of hydrogen-bond acceptors (Lipinski definition) is 0. The summed E-state index contributed by atoms with van der Waals surface area (Å²) in [7, 11) is 2.55. The Morgan fingerprint density at radius 1 is 0.727 bits per heavy atom. The summed E-state index contributed by atoms with van der Waals surface area (Å²) < 4.78 is 0. The van der Waals surface area contributed by atoms with Gasteiger partial charge >= 0.3 is 0 Å². The molecule has 0 aromatic carbocycles. The average Bonchev–Trinajstić information content (AvgIpc) is 1.65. The summed E-state index contributed by atoms with van der Waals surface area (Å²) in [5.74, 6) is 0. The third-order valence-electron chi connectivity index (χ3n) is 0. The zero-order valence-electron chi connectivity index (χ0n) is 8.86. The second kappa shape index (κ2) is 29.6. The van der Waals surface area contributed by atoms with Crippen LogP contribution in [0.1, 0.15) is 0 Å². The second-order valence-electron chi connectivity index (χ2n) is 2.34. The van der Waals surface area contributed by atoms with Crippen LogP contribution in [0.3, 0.4) is 0 Å². The predicted molar refractivity (Wildman–Crippen MR) is 65.0 cm³/mol. The fourth-order valence-electron chi connectivity index (χ4n) is 0. The van der Waals surface area contributed by atoms with Crippen LogP contribution in [0.4, 0.5) is 0 Å². The topological polar surface area (TPSA) is 0 Å². The number of hydrogen-bond donors (Lipinski definition) is 0. The molecule has 0 fully saturated rings. The monoisotopic (exact) mass is 384 g/mol. The SMILES string of the molecule is CP(C)C.CPC.CPC.[W]. The van der Waals surface area contributed by atoms with Crippen LogP contribution in [0.2, 0.25) is 0 Å². The van der Waals surface area contributed by atoms with Gasteiger partial charge < -0.3 is 0 Å². The van der Waals surface area contributed by atoms with Crippen molar-refractivity contribution in [3.05, 3.63) is 0 Å². The van der Waals surface area contributed by atoms with Crippen LogP contribution in [0.5, 0.6) is 0 Å². The van der Waals surface area contributed by atoms with Crippen molar-refractivity contribution in [2.45, 2.75) is 0 Å². The quantitative estimate of drug-likeness (QED) is 0.563. The van der Waals surface area contributed by atoms with Crippen molar-refractivity contribution in [1.29, 1.82) is 0 Å². The summed E-state index contributed by atoms with van der Waals surface area (Å²) in [4.78, 5) is 0.